The highest BCUT2D eigenvalue weighted by molar-refractivity contribution is 5.99. The number of nitrogens with one attached hydrogen (secondary N) is 2. The molecule has 7 heteroatoms. The van der Waals surface area contributed by atoms with Gasteiger partial charge in [-0.05, 0) is 65.6 Å². The molecule has 0 radical (unpaired) electrons. The summed E-state index contributed by atoms with van der Waals surface area (Å²) in [6.07, 6.45) is 0. The summed E-state index contributed by atoms with van der Waals surface area (Å²) in [6, 6.07) is 20.8. The Morgan fingerprint density at radius 3 is 2.25 bits per heavy atom. The number of methoxy groups -OCH3 is 1. The number of rotatable bonds is 6. The largest absolute Gasteiger partial charge is 0.497 e. The van der Waals surface area contributed by atoms with Crippen LogP contribution in [0, 0.1) is 0 Å². The van der Waals surface area contributed by atoms with Crippen molar-refractivity contribution in [3.63, 3.8) is 0 Å². The van der Waals surface area contributed by atoms with Crippen LogP contribution in [0.4, 0.5) is 5.69 Å². The first-order valence-electron chi connectivity index (χ1n) is 11.5. The van der Waals surface area contributed by atoms with Crippen molar-refractivity contribution in [1.82, 2.24) is 5.32 Å². The van der Waals surface area contributed by atoms with Crippen LogP contribution in [0.15, 0.2) is 82.0 Å². The van der Waals surface area contributed by atoms with Gasteiger partial charge in [-0.25, -0.2) is 0 Å². The Bertz CT molecular complexity index is 1460. The maximum atomic E-state index is 12.5. The van der Waals surface area contributed by atoms with Crippen LogP contribution in [0.25, 0.3) is 22.3 Å². The van der Waals surface area contributed by atoms with E-state index in [1.807, 2.05) is 12.1 Å². The third-order valence-corrected chi connectivity index (χ3v) is 5.81. The number of carbonyl (C=O) groups excluding carboxylic acids is 2. The summed E-state index contributed by atoms with van der Waals surface area (Å²) in [5, 5.41) is 5.83. The Hall–Kier alpha value is -4.39. The number of hydrogen-bond donors (Lipinski definition) is 2. The lowest BCUT2D eigenvalue weighted by Gasteiger charge is -2.19. The average Bonchev–Trinajstić information content (AvgIpc) is 2.87. The van der Waals surface area contributed by atoms with Gasteiger partial charge in [0.05, 0.1) is 19.0 Å². The zero-order valence-corrected chi connectivity index (χ0v) is 20.7. The van der Waals surface area contributed by atoms with Gasteiger partial charge in [-0.2, -0.15) is 0 Å². The molecule has 0 saturated carbocycles. The van der Waals surface area contributed by atoms with Crippen LogP contribution in [0.3, 0.4) is 0 Å². The fourth-order valence-electron chi connectivity index (χ4n) is 3.71. The lowest BCUT2D eigenvalue weighted by molar-refractivity contribution is -0.115. The van der Waals surface area contributed by atoms with E-state index in [1.165, 1.54) is 13.2 Å². The molecule has 1 aromatic heterocycles. The number of benzene rings is 3. The van der Waals surface area contributed by atoms with Gasteiger partial charge in [-0.1, -0.05) is 32.9 Å². The topological polar surface area (TPSA) is 97.6 Å². The van der Waals surface area contributed by atoms with Crippen molar-refractivity contribution >= 4 is 28.5 Å². The highest BCUT2D eigenvalue weighted by Crippen LogP contribution is 2.26. The van der Waals surface area contributed by atoms with Gasteiger partial charge in [0.2, 0.25) is 5.91 Å². The first-order chi connectivity index (χ1) is 17.1. The molecule has 0 spiro atoms. The molecule has 0 aliphatic carbocycles. The molecule has 2 amide bonds. The van der Waals surface area contributed by atoms with Crippen LogP contribution in [0.1, 0.15) is 36.7 Å². The van der Waals surface area contributed by atoms with Crippen molar-refractivity contribution in [1.29, 1.82) is 0 Å². The van der Waals surface area contributed by atoms with Gasteiger partial charge in [0.1, 0.15) is 17.1 Å². The minimum atomic E-state index is -0.353. The van der Waals surface area contributed by atoms with Crippen LogP contribution in [0.2, 0.25) is 0 Å². The van der Waals surface area contributed by atoms with Gasteiger partial charge in [-0.15, -0.1) is 0 Å². The molecule has 2 N–H and O–H groups in total. The van der Waals surface area contributed by atoms with Crippen molar-refractivity contribution in [3.8, 4) is 17.1 Å². The molecule has 36 heavy (non-hydrogen) atoms. The molecule has 1 heterocycles. The van der Waals surface area contributed by atoms with E-state index in [9.17, 15) is 14.4 Å². The lowest BCUT2D eigenvalue weighted by Crippen LogP contribution is -2.32. The maximum absolute atomic E-state index is 12.5. The van der Waals surface area contributed by atoms with Crippen molar-refractivity contribution < 1.29 is 18.7 Å². The van der Waals surface area contributed by atoms with Crippen molar-refractivity contribution in [2.45, 2.75) is 26.2 Å². The maximum Gasteiger partial charge on any atom is 0.251 e. The van der Waals surface area contributed by atoms with Gasteiger partial charge in [-0.3, -0.25) is 14.4 Å². The molecular formula is C29H28N2O5. The van der Waals surface area contributed by atoms with E-state index in [0.29, 0.717) is 39.3 Å². The van der Waals surface area contributed by atoms with Crippen molar-refractivity contribution in [3.05, 3.63) is 94.1 Å². The second-order valence-electron chi connectivity index (χ2n) is 9.47. The minimum Gasteiger partial charge on any atom is -0.497 e. The highest BCUT2D eigenvalue weighted by Gasteiger charge is 2.15. The van der Waals surface area contributed by atoms with Crippen LogP contribution in [-0.4, -0.2) is 25.5 Å². The fraction of sp³-hybridized carbons (Fsp3) is 0.207. The molecule has 3 aromatic carbocycles. The number of hydrogen-bond acceptors (Lipinski definition) is 5. The summed E-state index contributed by atoms with van der Waals surface area (Å²) in [6.45, 7) is 6.15. The second kappa shape index (κ2) is 10.1. The molecule has 7 nitrogen and oxygen atoms in total. The van der Waals surface area contributed by atoms with E-state index in [0.717, 1.165) is 5.56 Å². The average molecular weight is 485 g/mol. The molecule has 184 valence electrons. The number of fused-ring (bicyclic) bond motifs is 1. The van der Waals surface area contributed by atoms with E-state index >= 15 is 0 Å². The van der Waals surface area contributed by atoms with Crippen LogP contribution < -0.4 is 20.8 Å². The molecular weight excluding hydrogens is 456 g/mol. The molecule has 4 aromatic rings. The highest BCUT2D eigenvalue weighted by atomic mass is 16.5. The SMILES string of the molecule is COc1ccc2oc(-c3ccc(NC(=O)CNC(=O)c4ccc(C(C)(C)C)cc4)cc3)cc(=O)c2c1. The van der Waals surface area contributed by atoms with Crippen LogP contribution in [-0.2, 0) is 10.2 Å². The second-order valence-corrected chi connectivity index (χ2v) is 9.47. The molecule has 0 bridgehead atoms. The van der Waals surface area contributed by atoms with E-state index < -0.39 is 0 Å². The molecule has 0 aliphatic rings. The monoisotopic (exact) mass is 484 g/mol. The van der Waals surface area contributed by atoms with Crippen LogP contribution >= 0.6 is 0 Å². The molecule has 0 aliphatic heterocycles. The van der Waals surface area contributed by atoms with E-state index in [1.54, 1.807) is 54.6 Å². The Balaban J connectivity index is 1.37. The van der Waals surface area contributed by atoms with Gasteiger partial charge in [0.15, 0.2) is 5.43 Å². The van der Waals surface area contributed by atoms with Gasteiger partial charge in [0.25, 0.3) is 5.91 Å². The summed E-state index contributed by atoms with van der Waals surface area (Å²) >= 11 is 0. The Morgan fingerprint density at radius 2 is 1.61 bits per heavy atom. The summed E-state index contributed by atoms with van der Waals surface area (Å²) in [7, 11) is 1.54. The van der Waals surface area contributed by atoms with E-state index in [4.69, 9.17) is 9.15 Å². The quantitative estimate of drug-likeness (QED) is 0.395. The van der Waals surface area contributed by atoms with Gasteiger partial charge >= 0.3 is 0 Å². The summed E-state index contributed by atoms with van der Waals surface area (Å²) in [4.78, 5) is 37.3. The number of anilines is 1. The molecule has 4 rings (SSSR count). The molecule has 0 fully saturated rings. The third kappa shape index (κ3) is 5.63. The lowest BCUT2D eigenvalue weighted by atomic mass is 9.87. The van der Waals surface area contributed by atoms with Gasteiger partial charge in [0, 0.05) is 22.9 Å². The number of ether oxygens (including phenoxy) is 1. The van der Waals surface area contributed by atoms with Gasteiger partial charge < -0.3 is 19.8 Å². The van der Waals surface area contributed by atoms with Crippen molar-refractivity contribution in [2.24, 2.45) is 0 Å². The van der Waals surface area contributed by atoms with E-state index in [-0.39, 0.29) is 29.2 Å². The number of carbonyl (C=O) groups is 2. The summed E-state index contributed by atoms with van der Waals surface area (Å²) < 4.78 is 11.1. The fourth-order valence-corrected chi connectivity index (χ4v) is 3.71. The smallest absolute Gasteiger partial charge is 0.251 e. The third-order valence-electron chi connectivity index (χ3n) is 5.81. The Labute approximate surface area is 209 Å². The minimum absolute atomic E-state index is 0.00174. The Morgan fingerprint density at radius 1 is 0.917 bits per heavy atom. The first kappa shape index (κ1) is 24.7. The first-order valence-corrected chi connectivity index (χ1v) is 11.5. The number of amides is 2. The predicted octanol–water partition coefficient (Wildman–Crippen LogP) is 5.13. The molecule has 0 atom stereocenters. The van der Waals surface area contributed by atoms with Crippen molar-refractivity contribution in [2.75, 3.05) is 19.0 Å². The van der Waals surface area contributed by atoms with E-state index in [2.05, 4.69) is 31.4 Å². The molecule has 0 saturated heterocycles. The zero-order valence-electron chi connectivity index (χ0n) is 20.7. The Kier molecular flexibility index (Phi) is 6.92. The predicted molar refractivity (Wildman–Crippen MR) is 141 cm³/mol. The normalized spacial score (nSPS) is 11.2. The zero-order chi connectivity index (χ0) is 25.9. The molecule has 0 unspecified atom stereocenters. The summed E-state index contributed by atoms with van der Waals surface area (Å²) in [5.74, 6) is 0.330. The summed E-state index contributed by atoms with van der Waals surface area (Å²) in [5.41, 5.74) is 3.15. The standard InChI is InChI=1S/C29H28N2O5/c1-29(2,3)20-9-5-19(6-10-20)28(34)30-17-27(33)31-21-11-7-18(8-12-21)26-16-24(32)23-15-22(35-4)13-14-25(23)36-26/h5-16H,17H2,1-4H3,(H,30,34)(H,31,33). The van der Waals surface area contributed by atoms with Crippen LogP contribution in [0.5, 0.6) is 5.75 Å².